The van der Waals surface area contributed by atoms with Crippen molar-refractivity contribution in [3.8, 4) is 5.75 Å². The third-order valence-electron chi connectivity index (χ3n) is 4.29. The second kappa shape index (κ2) is 11.2. The summed E-state index contributed by atoms with van der Waals surface area (Å²) >= 11 is 5.27. The molecule has 2 rings (SSSR count). The summed E-state index contributed by atoms with van der Waals surface area (Å²) < 4.78 is 5.60. The van der Waals surface area contributed by atoms with Gasteiger partial charge in [-0.3, -0.25) is 14.9 Å². The first-order valence-electron chi connectivity index (χ1n) is 9.69. The molecule has 0 fully saturated rings. The van der Waals surface area contributed by atoms with E-state index < -0.39 is 0 Å². The molecule has 0 aliphatic carbocycles. The Morgan fingerprint density at radius 1 is 1.00 bits per heavy atom. The lowest BCUT2D eigenvalue weighted by atomic mass is 10.1. The van der Waals surface area contributed by atoms with Crippen molar-refractivity contribution in [2.75, 3.05) is 17.2 Å². The number of ether oxygens (including phenoxy) is 1. The van der Waals surface area contributed by atoms with Gasteiger partial charge in [0.05, 0.1) is 6.61 Å². The molecule has 0 aromatic heterocycles. The number of hydrogen-bond acceptors (Lipinski definition) is 4. The van der Waals surface area contributed by atoms with Crippen LogP contribution in [0.5, 0.6) is 5.75 Å². The Hall–Kier alpha value is -2.93. The van der Waals surface area contributed by atoms with Crippen molar-refractivity contribution in [2.45, 2.75) is 40.0 Å². The Labute approximate surface area is 177 Å². The van der Waals surface area contributed by atoms with Gasteiger partial charge in [-0.25, -0.2) is 0 Å². The highest BCUT2D eigenvalue weighted by atomic mass is 32.1. The molecule has 0 aliphatic rings. The highest BCUT2D eigenvalue weighted by Gasteiger charge is 2.11. The molecule has 0 saturated carbocycles. The summed E-state index contributed by atoms with van der Waals surface area (Å²) in [5, 5.41) is 8.70. The first-order chi connectivity index (χ1) is 13.9. The number of hydrogen-bond donors (Lipinski definition) is 3. The zero-order valence-electron chi connectivity index (χ0n) is 17.0. The third-order valence-corrected chi connectivity index (χ3v) is 4.49. The monoisotopic (exact) mass is 413 g/mol. The van der Waals surface area contributed by atoms with Crippen LogP contribution < -0.4 is 20.7 Å². The van der Waals surface area contributed by atoms with Crippen molar-refractivity contribution in [3.63, 3.8) is 0 Å². The SMILES string of the molecule is CCCCOc1ccc(C(=O)NC(=S)Nc2cccc(NC(=O)CC)c2C)cc1. The van der Waals surface area contributed by atoms with Crippen molar-refractivity contribution in [1.82, 2.24) is 5.32 Å². The maximum absolute atomic E-state index is 12.4. The first kappa shape index (κ1) is 22.4. The van der Waals surface area contributed by atoms with E-state index in [1.807, 2.05) is 25.1 Å². The number of benzene rings is 2. The van der Waals surface area contributed by atoms with Gasteiger partial charge in [0.25, 0.3) is 5.91 Å². The minimum atomic E-state index is -0.310. The maximum Gasteiger partial charge on any atom is 0.257 e. The normalized spacial score (nSPS) is 10.2. The van der Waals surface area contributed by atoms with E-state index >= 15 is 0 Å². The number of thiocarbonyl (C=S) groups is 1. The van der Waals surface area contributed by atoms with E-state index in [9.17, 15) is 9.59 Å². The van der Waals surface area contributed by atoms with Crippen molar-refractivity contribution >= 4 is 40.5 Å². The van der Waals surface area contributed by atoms with Gasteiger partial charge in [0.1, 0.15) is 5.75 Å². The van der Waals surface area contributed by atoms with Gasteiger partial charge in [-0.15, -0.1) is 0 Å². The molecule has 2 amide bonds. The molecule has 29 heavy (non-hydrogen) atoms. The average molecular weight is 414 g/mol. The van der Waals surface area contributed by atoms with Crippen LogP contribution in [0.4, 0.5) is 11.4 Å². The first-order valence-corrected chi connectivity index (χ1v) is 10.1. The van der Waals surface area contributed by atoms with E-state index in [1.54, 1.807) is 31.2 Å². The van der Waals surface area contributed by atoms with E-state index in [0.29, 0.717) is 30.0 Å². The molecule has 0 spiro atoms. The van der Waals surface area contributed by atoms with E-state index in [4.69, 9.17) is 17.0 Å². The topological polar surface area (TPSA) is 79.5 Å². The van der Waals surface area contributed by atoms with E-state index in [-0.39, 0.29) is 16.9 Å². The van der Waals surface area contributed by atoms with Gasteiger partial charge in [-0.1, -0.05) is 26.3 Å². The molecule has 3 N–H and O–H groups in total. The van der Waals surface area contributed by atoms with Gasteiger partial charge in [0.15, 0.2) is 5.11 Å². The molecule has 0 atom stereocenters. The lowest BCUT2D eigenvalue weighted by molar-refractivity contribution is -0.115. The molecule has 0 heterocycles. The van der Waals surface area contributed by atoms with Crippen LogP contribution in [0.15, 0.2) is 42.5 Å². The predicted molar refractivity (Wildman–Crippen MR) is 121 cm³/mol. The molecule has 0 bridgehead atoms. The van der Waals surface area contributed by atoms with Crippen molar-refractivity contribution in [1.29, 1.82) is 0 Å². The molecule has 2 aromatic carbocycles. The van der Waals surface area contributed by atoms with Crippen molar-refractivity contribution < 1.29 is 14.3 Å². The fraction of sp³-hybridized carbons (Fsp3) is 0.318. The van der Waals surface area contributed by atoms with E-state index in [1.165, 1.54) is 0 Å². The van der Waals surface area contributed by atoms with Crippen LogP contribution in [0, 0.1) is 6.92 Å². The molecule has 0 aliphatic heterocycles. The summed E-state index contributed by atoms with van der Waals surface area (Å²) in [6.45, 7) is 6.43. The lowest BCUT2D eigenvalue weighted by Crippen LogP contribution is -2.34. The Kier molecular flexibility index (Phi) is 8.61. The van der Waals surface area contributed by atoms with Gasteiger partial charge in [0.2, 0.25) is 5.91 Å². The largest absolute Gasteiger partial charge is 0.494 e. The number of amides is 2. The number of nitrogens with one attached hydrogen (secondary N) is 3. The van der Waals surface area contributed by atoms with Gasteiger partial charge in [-0.05, 0) is 67.5 Å². The molecular weight excluding hydrogens is 386 g/mol. The summed E-state index contributed by atoms with van der Waals surface area (Å²) in [4.78, 5) is 24.1. The number of anilines is 2. The second-order valence-corrected chi connectivity index (χ2v) is 6.92. The predicted octanol–water partition coefficient (Wildman–Crippen LogP) is 4.65. The summed E-state index contributed by atoms with van der Waals surface area (Å²) in [6, 6.07) is 12.4. The Bertz CT molecular complexity index is 866. The quantitative estimate of drug-likeness (QED) is 0.434. The van der Waals surface area contributed by atoms with E-state index in [2.05, 4.69) is 22.9 Å². The average Bonchev–Trinajstić information content (AvgIpc) is 2.71. The smallest absolute Gasteiger partial charge is 0.257 e. The number of carbonyl (C=O) groups is 2. The molecular formula is C22H27N3O3S. The lowest BCUT2D eigenvalue weighted by Gasteiger charge is -2.15. The molecule has 7 heteroatoms. The minimum Gasteiger partial charge on any atom is -0.494 e. The molecule has 154 valence electrons. The fourth-order valence-electron chi connectivity index (χ4n) is 2.51. The highest BCUT2D eigenvalue weighted by molar-refractivity contribution is 7.80. The van der Waals surface area contributed by atoms with Crippen LogP contribution >= 0.6 is 12.2 Å². The molecule has 0 unspecified atom stereocenters. The van der Waals surface area contributed by atoms with Crippen molar-refractivity contribution in [3.05, 3.63) is 53.6 Å². The Balaban J connectivity index is 1.96. The molecule has 2 aromatic rings. The van der Waals surface area contributed by atoms with Crippen LogP contribution in [-0.4, -0.2) is 23.5 Å². The summed E-state index contributed by atoms with van der Waals surface area (Å²) in [7, 11) is 0. The van der Waals surface area contributed by atoms with Gasteiger partial charge in [0, 0.05) is 23.4 Å². The van der Waals surface area contributed by atoms with Gasteiger partial charge in [-0.2, -0.15) is 0 Å². The highest BCUT2D eigenvalue weighted by Crippen LogP contribution is 2.23. The minimum absolute atomic E-state index is 0.0664. The number of rotatable bonds is 8. The van der Waals surface area contributed by atoms with E-state index in [0.717, 1.165) is 24.2 Å². The fourth-order valence-corrected chi connectivity index (χ4v) is 2.71. The third kappa shape index (κ3) is 6.87. The Morgan fingerprint density at radius 2 is 1.66 bits per heavy atom. The van der Waals surface area contributed by atoms with Crippen LogP contribution in [-0.2, 0) is 4.79 Å². The maximum atomic E-state index is 12.4. The zero-order valence-corrected chi connectivity index (χ0v) is 17.8. The Morgan fingerprint density at radius 3 is 2.28 bits per heavy atom. The number of carbonyl (C=O) groups excluding carboxylic acids is 2. The summed E-state index contributed by atoms with van der Waals surface area (Å²) in [6.07, 6.45) is 2.46. The van der Waals surface area contributed by atoms with Gasteiger partial charge >= 0.3 is 0 Å². The molecule has 0 saturated heterocycles. The summed E-state index contributed by atoms with van der Waals surface area (Å²) in [5.41, 5.74) is 2.73. The standard InChI is InChI=1S/C22H27N3O3S/c1-4-6-14-28-17-12-10-16(11-13-17)21(27)25-22(29)24-19-9-7-8-18(15(19)3)23-20(26)5-2/h7-13H,4-6,14H2,1-3H3,(H,23,26)(H2,24,25,27,29). The van der Waals surface area contributed by atoms with Crippen molar-refractivity contribution in [2.24, 2.45) is 0 Å². The number of unbranched alkanes of at least 4 members (excludes halogenated alkanes) is 1. The van der Waals surface area contributed by atoms with Crippen LogP contribution in [0.1, 0.15) is 49.0 Å². The van der Waals surface area contributed by atoms with Crippen LogP contribution in [0.25, 0.3) is 0 Å². The van der Waals surface area contributed by atoms with Crippen LogP contribution in [0.2, 0.25) is 0 Å². The summed E-state index contributed by atoms with van der Waals surface area (Å²) in [5.74, 6) is 0.358. The van der Waals surface area contributed by atoms with Gasteiger partial charge < -0.3 is 15.4 Å². The zero-order chi connectivity index (χ0) is 21.2. The molecule has 0 radical (unpaired) electrons. The molecule has 6 nitrogen and oxygen atoms in total. The van der Waals surface area contributed by atoms with Crippen LogP contribution in [0.3, 0.4) is 0 Å². The second-order valence-electron chi connectivity index (χ2n) is 6.51.